The molecule has 0 aliphatic carbocycles. The Morgan fingerprint density at radius 1 is 1.41 bits per heavy atom. The SMILES string of the molecule is O=C1CCC(NC(=O)C(F)(F)C(F)F)C(=O)N1. The number of carbonyl (C=O) groups is 3. The number of nitrogens with one attached hydrogen (secondary N) is 2. The van der Waals surface area contributed by atoms with Crippen LogP contribution in [-0.2, 0) is 14.4 Å². The minimum absolute atomic E-state index is 0.156. The second kappa shape index (κ2) is 4.68. The summed E-state index contributed by atoms with van der Waals surface area (Å²) >= 11 is 0. The molecule has 1 saturated heterocycles. The molecule has 3 amide bonds. The number of carbonyl (C=O) groups excluding carboxylic acids is 3. The van der Waals surface area contributed by atoms with Crippen molar-refractivity contribution in [3.05, 3.63) is 0 Å². The summed E-state index contributed by atoms with van der Waals surface area (Å²) in [4.78, 5) is 32.6. The van der Waals surface area contributed by atoms with Crippen LogP contribution in [0.3, 0.4) is 0 Å². The number of imide groups is 1. The molecule has 0 radical (unpaired) electrons. The Balaban J connectivity index is 2.63. The van der Waals surface area contributed by atoms with Gasteiger partial charge in [0.25, 0.3) is 5.91 Å². The van der Waals surface area contributed by atoms with Crippen molar-refractivity contribution in [2.75, 3.05) is 0 Å². The lowest BCUT2D eigenvalue weighted by atomic mass is 10.1. The molecule has 1 heterocycles. The predicted molar refractivity (Wildman–Crippen MR) is 45.3 cm³/mol. The number of amides is 3. The van der Waals surface area contributed by atoms with Crippen molar-refractivity contribution in [1.29, 1.82) is 0 Å². The van der Waals surface area contributed by atoms with E-state index in [2.05, 4.69) is 0 Å². The monoisotopic (exact) mass is 256 g/mol. The Morgan fingerprint density at radius 3 is 2.47 bits per heavy atom. The first kappa shape index (κ1) is 13.4. The summed E-state index contributed by atoms with van der Waals surface area (Å²) in [5.41, 5.74) is 0. The van der Waals surface area contributed by atoms with E-state index in [0.717, 1.165) is 0 Å². The maximum Gasteiger partial charge on any atom is 0.383 e. The zero-order valence-corrected chi connectivity index (χ0v) is 8.31. The molecule has 0 aromatic rings. The molecule has 1 aliphatic heterocycles. The van der Waals surface area contributed by atoms with E-state index in [-0.39, 0.29) is 12.8 Å². The molecule has 1 unspecified atom stereocenters. The van der Waals surface area contributed by atoms with Crippen LogP contribution in [0.4, 0.5) is 17.6 Å². The molecule has 96 valence electrons. The molecule has 1 fully saturated rings. The van der Waals surface area contributed by atoms with Crippen molar-refractivity contribution >= 4 is 17.7 Å². The van der Waals surface area contributed by atoms with E-state index in [4.69, 9.17) is 0 Å². The van der Waals surface area contributed by atoms with Crippen molar-refractivity contribution in [2.45, 2.75) is 31.2 Å². The molecule has 1 rings (SSSR count). The minimum atomic E-state index is -4.86. The highest BCUT2D eigenvalue weighted by atomic mass is 19.3. The lowest BCUT2D eigenvalue weighted by molar-refractivity contribution is -0.171. The molecule has 0 spiro atoms. The van der Waals surface area contributed by atoms with Crippen LogP contribution in [0.1, 0.15) is 12.8 Å². The van der Waals surface area contributed by atoms with E-state index in [0.29, 0.717) is 0 Å². The molecule has 17 heavy (non-hydrogen) atoms. The Morgan fingerprint density at radius 2 is 2.00 bits per heavy atom. The van der Waals surface area contributed by atoms with Crippen molar-refractivity contribution in [3.8, 4) is 0 Å². The molecular formula is C8H8F4N2O3. The topological polar surface area (TPSA) is 75.3 Å². The van der Waals surface area contributed by atoms with Crippen LogP contribution in [0.5, 0.6) is 0 Å². The summed E-state index contributed by atoms with van der Waals surface area (Å²) in [6.45, 7) is 0. The fourth-order valence-electron chi connectivity index (χ4n) is 1.18. The lowest BCUT2D eigenvalue weighted by Gasteiger charge is -2.23. The molecule has 0 bridgehead atoms. The summed E-state index contributed by atoms with van der Waals surface area (Å²) in [6.07, 6.45) is -4.51. The van der Waals surface area contributed by atoms with E-state index in [1.54, 1.807) is 5.32 Å². The number of hydrogen-bond acceptors (Lipinski definition) is 3. The average Bonchev–Trinajstić information content (AvgIpc) is 2.21. The van der Waals surface area contributed by atoms with Crippen LogP contribution in [-0.4, -0.2) is 36.1 Å². The first-order valence-electron chi connectivity index (χ1n) is 4.55. The van der Waals surface area contributed by atoms with E-state index in [1.165, 1.54) is 5.32 Å². The van der Waals surface area contributed by atoms with Crippen molar-refractivity contribution in [1.82, 2.24) is 10.6 Å². The van der Waals surface area contributed by atoms with E-state index in [1.807, 2.05) is 0 Å². The third-order valence-electron chi connectivity index (χ3n) is 2.12. The summed E-state index contributed by atoms with van der Waals surface area (Å²) < 4.78 is 48.7. The minimum Gasteiger partial charge on any atom is -0.339 e. The second-order valence-corrected chi connectivity index (χ2v) is 3.40. The molecule has 9 heteroatoms. The van der Waals surface area contributed by atoms with E-state index >= 15 is 0 Å². The summed E-state index contributed by atoms with van der Waals surface area (Å²) in [6, 6.07) is -1.40. The molecule has 5 nitrogen and oxygen atoms in total. The lowest BCUT2D eigenvalue weighted by Crippen LogP contribution is -2.56. The zero-order chi connectivity index (χ0) is 13.2. The highest BCUT2D eigenvalue weighted by Gasteiger charge is 2.50. The Hall–Kier alpha value is -1.67. The van der Waals surface area contributed by atoms with E-state index < -0.39 is 36.1 Å². The Bertz CT molecular complexity index is 359. The van der Waals surface area contributed by atoms with E-state index in [9.17, 15) is 31.9 Å². The molecule has 1 atom stereocenters. The van der Waals surface area contributed by atoms with Gasteiger partial charge in [0.15, 0.2) is 0 Å². The standard InChI is InChI=1S/C8H8F4N2O3/c9-6(10)8(11,12)7(17)13-3-1-2-4(15)14-5(3)16/h3,6H,1-2H2,(H,13,17)(H,14,15,16). The first-order valence-corrected chi connectivity index (χ1v) is 4.55. The maximum absolute atomic E-state index is 12.5. The fraction of sp³-hybridized carbons (Fsp3) is 0.625. The number of piperidine rings is 1. The Labute approximate surface area is 92.5 Å². The van der Waals surface area contributed by atoms with Crippen molar-refractivity contribution in [2.24, 2.45) is 0 Å². The molecule has 1 aliphatic rings. The zero-order valence-electron chi connectivity index (χ0n) is 8.31. The predicted octanol–water partition coefficient (Wildman–Crippen LogP) is -0.192. The van der Waals surface area contributed by atoms with Gasteiger partial charge in [-0.15, -0.1) is 0 Å². The van der Waals surface area contributed by atoms with Crippen LogP contribution in [0.15, 0.2) is 0 Å². The molecule has 0 aromatic heterocycles. The smallest absolute Gasteiger partial charge is 0.339 e. The van der Waals surface area contributed by atoms with Crippen LogP contribution in [0, 0.1) is 0 Å². The van der Waals surface area contributed by atoms with Crippen LogP contribution in [0.2, 0.25) is 0 Å². The molecular weight excluding hydrogens is 248 g/mol. The number of alkyl halides is 4. The summed E-state index contributed by atoms with van der Waals surface area (Å²) in [7, 11) is 0. The van der Waals surface area contributed by atoms with Gasteiger partial charge in [0.05, 0.1) is 0 Å². The van der Waals surface area contributed by atoms with Gasteiger partial charge in [-0.3, -0.25) is 19.7 Å². The van der Waals surface area contributed by atoms with Gasteiger partial charge in [0.2, 0.25) is 11.8 Å². The van der Waals surface area contributed by atoms with Gasteiger partial charge in [-0.1, -0.05) is 0 Å². The summed E-state index contributed by atoms with van der Waals surface area (Å²) in [5.74, 6) is -8.69. The van der Waals surface area contributed by atoms with Crippen molar-refractivity contribution < 1.29 is 31.9 Å². The van der Waals surface area contributed by atoms with Crippen molar-refractivity contribution in [3.63, 3.8) is 0 Å². The number of rotatable bonds is 3. The fourth-order valence-corrected chi connectivity index (χ4v) is 1.18. The average molecular weight is 256 g/mol. The van der Waals surface area contributed by atoms with Gasteiger partial charge < -0.3 is 5.32 Å². The largest absolute Gasteiger partial charge is 0.383 e. The first-order chi connectivity index (χ1) is 7.75. The van der Waals surface area contributed by atoms with Crippen LogP contribution >= 0.6 is 0 Å². The highest BCUT2D eigenvalue weighted by Crippen LogP contribution is 2.23. The van der Waals surface area contributed by atoms with Gasteiger partial charge in [-0.25, -0.2) is 8.78 Å². The Kier molecular flexibility index (Phi) is 3.69. The highest BCUT2D eigenvalue weighted by molar-refractivity contribution is 6.02. The van der Waals surface area contributed by atoms with Gasteiger partial charge >= 0.3 is 12.3 Å². The molecule has 0 aromatic carbocycles. The van der Waals surface area contributed by atoms with Crippen LogP contribution in [0.25, 0.3) is 0 Å². The van der Waals surface area contributed by atoms with Gasteiger partial charge in [0.1, 0.15) is 6.04 Å². The quantitative estimate of drug-likeness (QED) is 0.542. The summed E-state index contributed by atoms with van der Waals surface area (Å²) in [5, 5.41) is 3.27. The van der Waals surface area contributed by atoms with Gasteiger partial charge in [-0.2, -0.15) is 8.78 Å². The van der Waals surface area contributed by atoms with Crippen LogP contribution < -0.4 is 10.6 Å². The number of hydrogen-bond donors (Lipinski definition) is 2. The van der Waals surface area contributed by atoms with Gasteiger partial charge in [-0.05, 0) is 6.42 Å². The molecule has 0 saturated carbocycles. The third-order valence-corrected chi connectivity index (χ3v) is 2.12. The third kappa shape index (κ3) is 2.92. The van der Waals surface area contributed by atoms with Gasteiger partial charge in [0, 0.05) is 6.42 Å². The molecule has 2 N–H and O–H groups in total. The maximum atomic E-state index is 12.5. The second-order valence-electron chi connectivity index (χ2n) is 3.40. The normalized spacial score (nSPS) is 21.4. The number of halogens is 4.